The molecule has 0 saturated carbocycles. The smallest absolute Gasteiger partial charge is 0.234 e. The Kier molecular flexibility index (Phi) is 7.08. The van der Waals surface area contributed by atoms with Crippen molar-refractivity contribution in [3.05, 3.63) is 59.9 Å². The predicted octanol–water partition coefficient (Wildman–Crippen LogP) is 3.34. The number of nitrogens with one attached hydrogen (secondary N) is 1. The molecule has 3 rings (SSSR count). The summed E-state index contributed by atoms with van der Waals surface area (Å²) in [5, 5.41) is 11.7. The Morgan fingerprint density at radius 2 is 1.70 bits per heavy atom. The Balaban J connectivity index is 1.50. The number of rotatable bonds is 9. The average molecular weight is 426 g/mol. The van der Waals surface area contributed by atoms with Crippen LogP contribution in [0, 0.1) is 0 Å². The van der Waals surface area contributed by atoms with Crippen LogP contribution < -0.4 is 14.8 Å². The molecule has 0 radical (unpaired) electrons. The van der Waals surface area contributed by atoms with Crippen LogP contribution in [-0.2, 0) is 18.4 Å². The maximum atomic E-state index is 12.2. The molecule has 1 heterocycles. The van der Waals surface area contributed by atoms with Crippen molar-refractivity contribution in [1.82, 2.24) is 14.8 Å². The van der Waals surface area contributed by atoms with Crippen LogP contribution in [0.2, 0.25) is 0 Å². The van der Waals surface area contributed by atoms with Crippen LogP contribution in [0.4, 0.5) is 5.69 Å². The second kappa shape index (κ2) is 9.93. The predicted molar refractivity (Wildman–Crippen MR) is 114 cm³/mol. The number of benzene rings is 2. The highest BCUT2D eigenvalue weighted by Crippen LogP contribution is 2.20. The number of carbonyl (C=O) groups is 2. The molecule has 0 spiro atoms. The third-order valence-corrected chi connectivity index (χ3v) is 5.28. The Morgan fingerprint density at radius 1 is 1.03 bits per heavy atom. The maximum Gasteiger partial charge on any atom is 0.234 e. The molecule has 0 aliphatic rings. The van der Waals surface area contributed by atoms with E-state index in [1.807, 2.05) is 31.3 Å². The van der Waals surface area contributed by atoms with Crippen molar-refractivity contribution in [2.24, 2.45) is 7.05 Å². The second-order valence-electron chi connectivity index (χ2n) is 6.39. The summed E-state index contributed by atoms with van der Waals surface area (Å²) in [5.41, 5.74) is 1.24. The van der Waals surface area contributed by atoms with Crippen LogP contribution in [0.1, 0.15) is 23.1 Å². The highest BCUT2D eigenvalue weighted by atomic mass is 32.2. The van der Waals surface area contributed by atoms with E-state index >= 15 is 0 Å². The SMILES string of the molecule is COc1ccc(OCc2nnc(SCC(=O)Nc3ccc(C(C)=O)cc3)n2C)cc1. The molecule has 1 aromatic heterocycles. The summed E-state index contributed by atoms with van der Waals surface area (Å²) >= 11 is 1.28. The van der Waals surface area contributed by atoms with Crippen LogP contribution in [0.15, 0.2) is 53.7 Å². The minimum absolute atomic E-state index is 0.0162. The van der Waals surface area contributed by atoms with E-state index in [2.05, 4.69) is 15.5 Å². The third-order valence-electron chi connectivity index (χ3n) is 4.26. The summed E-state index contributed by atoms with van der Waals surface area (Å²) in [5.74, 6) is 2.09. The first-order chi connectivity index (χ1) is 14.5. The molecule has 8 nitrogen and oxygen atoms in total. The van der Waals surface area contributed by atoms with E-state index in [1.165, 1.54) is 18.7 Å². The second-order valence-corrected chi connectivity index (χ2v) is 7.33. The maximum absolute atomic E-state index is 12.2. The highest BCUT2D eigenvalue weighted by molar-refractivity contribution is 7.99. The summed E-state index contributed by atoms with van der Waals surface area (Å²) in [4.78, 5) is 23.5. The van der Waals surface area contributed by atoms with Gasteiger partial charge in [-0.25, -0.2) is 0 Å². The van der Waals surface area contributed by atoms with E-state index in [0.717, 1.165) is 5.75 Å². The van der Waals surface area contributed by atoms with Crippen molar-refractivity contribution in [2.45, 2.75) is 18.7 Å². The summed E-state index contributed by atoms with van der Waals surface area (Å²) in [6.45, 7) is 1.76. The molecule has 0 unspecified atom stereocenters. The summed E-state index contributed by atoms with van der Waals surface area (Å²) < 4.78 is 12.6. The van der Waals surface area contributed by atoms with E-state index in [4.69, 9.17) is 9.47 Å². The van der Waals surface area contributed by atoms with Crippen LogP contribution >= 0.6 is 11.8 Å². The Bertz CT molecular complexity index is 1020. The molecule has 156 valence electrons. The van der Waals surface area contributed by atoms with Crippen LogP contribution in [-0.4, -0.2) is 39.3 Å². The van der Waals surface area contributed by atoms with Crippen molar-refractivity contribution in [3.8, 4) is 11.5 Å². The normalized spacial score (nSPS) is 10.5. The molecule has 0 atom stereocenters. The first-order valence-electron chi connectivity index (χ1n) is 9.15. The number of aromatic nitrogens is 3. The van der Waals surface area contributed by atoms with Gasteiger partial charge in [-0.3, -0.25) is 9.59 Å². The Labute approximate surface area is 178 Å². The molecular weight excluding hydrogens is 404 g/mol. The van der Waals surface area contributed by atoms with Crippen LogP contribution in [0.3, 0.4) is 0 Å². The molecule has 30 heavy (non-hydrogen) atoms. The summed E-state index contributed by atoms with van der Waals surface area (Å²) in [6.07, 6.45) is 0. The molecule has 1 N–H and O–H groups in total. The number of thioether (sulfide) groups is 1. The number of nitrogens with zero attached hydrogens (tertiary/aromatic N) is 3. The van der Waals surface area contributed by atoms with Gasteiger partial charge in [-0.1, -0.05) is 11.8 Å². The molecule has 0 saturated heterocycles. The molecule has 2 aromatic carbocycles. The number of hydrogen-bond acceptors (Lipinski definition) is 7. The number of methoxy groups -OCH3 is 1. The van der Waals surface area contributed by atoms with Gasteiger partial charge < -0.3 is 19.4 Å². The number of anilines is 1. The van der Waals surface area contributed by atoms with Gasteiger partial charge in [-0.05, 0) is 55.5 Å². The van der Waals surface area contributed by atoms with Crippen molar-refractivity contribution in [1.29, 1.82) is 0 Å². The third kappa shape index (κ3) is 5.60. The largest absolute Gasteiger partial charge is 0.497 e. The molecule has 0 fully saturated rings. The van der Waals surface area contributed by atoms with Gasteiger partial charge in [0.2, 0.25) is 5.91 Å². The van der Waals surface area contributed by atoms with Gasteiger partial charge in [0.15, 0.2) is 16.8 Å². The first-order valence-corrected chi connectivity index (χ1v) is 10.1. The Morgan fingerprint density at radius 3 is 2.33 bits per heavy atom. The number of carbonyl (C=O) groups excluding carboxylic acids is 2. The average Bonchev–Trinajstić information content (AvgIpc) is 3.11. The number of ketones is 1. The number of amides is 1. The monoisotopic (exact) mass is 426 g/mol. The van der Waals surface area contributed by atoms with E-state index in [1.54, 1.807) is 35.9 Å². The van der Waals surface area contributed by atoms with E-state index < -0.39 is 0 Å². The fourth-order valence-electron chi connectivity index (χ4n) is 2.53. The lowest BCUT2D eigenvalue weighted by Crippen LogP contribution is -2.14. The molecule has 1 amide bonds. The zero-order valence-corrected chi connectivity index (χ0v) is 17.7. The van der Waals surface area contributed by atoms with Gasteiger partial charge in [-0.2, -0.15) is 0 Å². The van der Waals surface area contributed by atoms with Gasteiger partial charge >= 0.3 is 0 Å². The Hall–Kier alpha value is -3.33. The first kappa shape index (κ1) is 21.4. The zero-order valence-electron chi connectivity index (χ0n) is 16.9. The van der Waals surface area contributed by atoms with Crippen molar-refractivity contribution >= 4 is 29.1 Å². The van der Waals surface area contributed by atoms with Crippen molar-refractivity contribution < 1.29 is 19.1 Å². The number of Topliss-reactive ketones (excluding diaryl/α,β-unsaturated/α-hetero) is 1. The minimum atomic E-state index is -0.172. The lowest BCUT2D eigenvalue weighted by atomic mass is 10.1. The summed E-state index contributed by atoms with van der Waals surface area (Å²) in [7, 11) is 3.44. The number of ether oxygens (including phenoxy) is 2. The topological polar surface area (TPSA) is 95.3 Å². The minimum Gasteiger partial charge on any atom is -0.497 e. The highest BCUT2D eigenvalue weighted by Gasteiger charge is 2.12. The fourth-order valence-corrected chi connectivity index (χ4v) is 3.26. The molecule has 3 aromatic rings. The lowest BCUT2D eigenvalue weighted by molar-refractivity contribution is -0.113. The standard InChI is InChI=1S/C21H22N4O4S/c1-14(26)15-4-6-16(7-5-15)22-20(27)13-30-21-24-23-19(25(21)2)12-29-18-10-8-17(28-3)9-11-18/h4-11H,12-13H2,1-3H3,(H,22,27). The summed E-state index contributed by atoms with van der Waals surface area (Å²) in [6, 6.07) is 14.0. The van der Waals surface area contributed by atoms with Crippen LogP contribution in [0.5, 0.6) is 11.5 Å². The van der Waals surface area contributed by atoms with Gasteiger partial charge in [0, 0.05) is 18.3 Å². The van der Waals surface area contributed by atoms with Crippen molar-refractivity contribution in [3.63, 3.8) is 0 Å². The van der Waals surface area contributed by atoms with E-state index in [-0.39, 0.29) is 24.1 Å². The quantitative estimate of drug-likeness (QED) is 0.414. The zero-order chi connectivity index (χ0) is 21.5. The molecule has 0 aliphatic carbocycles. The molecule has 9 heteroatoms. The van der Waals surface area contributed by atoms with Gasteiger partial charge in [0.25, 0.3) is 0 Å². The lowest BCUT2D eigenvalue weighted by Gasteiger charge is -2.08. The van der Waals surface area contributed by atoms with E-state index in [0.29, 0.717) is 28.0 Å². The number of hydrogen-bond donors (Lipinski definition) is 1. The van der Waals surface area contributed by atoms with Gasteiger partial charge in [-0.15, -0.1) is 10.2 Å². The van der Waals surface area contributed by atoms with Gasteiger partial charge in [0.05, 0.1) is 12.9 Å². The fraction of sp³-hybridized carbons (Fsp3) is 0.238. The van der Waals surface area contributed by atoms with Crippen molar-refractivity contribution in [2.75, 3.05) is 18.2 Å². The molecule has 0 aliphatic heterocycles. The van der Waals surface area contributed by atoms with Gasteiger partial charge in [0.1, 0.15) is 18.1 Å². The molecule has 0 bridgehead atoms. The molecular formula is C21H22N4O4S. The van der Waals surface area contributed by atoms with Crippen LogP contribution in [0.25, 0.3) is 0 Å². The van der Waals surface area contributed by atoms with E-state index in [9.17, 15) is 9.59 Å².